The van der Waals surface area contributed by atoms with E-state index in [0.717, 1.165) is 36.2 Å². The first-order chi connectivity index (χ1) is 14.5. The fraction of sp³-hybridized carbons (Fsp3) is 0.400. The summed E-state index contributed by atoms with van der Waals surface area (Å²) in [4.78, 5) is 25.9. The van der Waals surface area contributed by atoms with E-state index in [4.69, 9.17) is 16.6 Å². The summed E-state index contributed by atoms with van der Waals surface area (Å²) in [6.45, 7) is 1.46. The Balaban J connectivity index is 1.63. The van der Waals surface area contributed by atoms with E-state index < -0.39 is 0 Å². The average Bonchev–Trinajstić information content (AvgIpc) is 3.27. The third-order valence-electron chi connectivity index (χ3n) is 5.21. The van der Waals surface area contributed by atoms with Crippen molar-refractivity contribution in [2.45, 2.75) is 25.3 Å². The van der Waals surface area contributed by atoms with Gasteiger partial charge in [-0.05, 0) is 41.0 Å². The van der Waals surface area contributed by atoms with Crippen LogP contribution < -0.4 is 4.90 Å². The number of tetrazole rings is 1. The summed E-state index contributed by atoms with van der Waals surface area (Å²) in [5, 5.41) is 11.7. The smallest absolute Gasteiger partial charge is 0.244 e. The first-order valence-corrected chi connectivity index (χ1v) is 10.2. The monoisotopic (exact) mass is 426 g/mol. The highest BCUT2D eigenvalue weighted by Gasteiger charge is 2.28. The van der Waals surface area contributed by atoms with Crippen LogP contribution in [0.2, 0.25) is 5.02 Å². The maximum atomic E-state index is 12.8. The van der Waals surface area contributed by atoms with Gasteiger partial charge in [-0.15, -0.1) is 5.10 Å². The zero-order valence-electron chi connectivity index (χ0n) is 16.9. The van der Waals surface area contributed by atoms with Crippen LogP contribution in [-0.2, 0) is 11.3 Å². The minimum atomic E-state index is 0.00179. The predicted molar refractivity (Wildman–Crippen MR) is 113 cm³/mol. The Morgan fingerprint density at radius 1 is 1.27 bits per heavy atom. The number of aromatic nitrogens is 6. The van der Waals surface area contributed by atoms with E-state index in [1.165, 1.54) is 11.0 Å². The second-order valence-corrected chi connectivity index (χ2v) is 7.99. The molecule has 1 atom stereocenters. The third kappa shape index (κ3) is 4.40. The minimum Gasteiger partial charge on any atom is -0.347 e. The maximum Gasteiger partial charge on any atom is 0.244 e. The van der Waals surface area contributed by atoms with Gasteiger partial charge in [0, 0.05) is 49.9 Å². The molecule has 1 amide bonds. The summed E-state index contributed by atoms with van der Waals surface area (Å²) in [7, 11) is 3.84. The lowest BCUT2D eigenvalue weighted by Crippen LogP contribution is -2.41. The number of anilines is 1. The second kappa shape index (κ2) is 8.74. The molecule has 3 heterocycles. The number of piperidine rings is 1. The molecule has 1 saturated heterocycles. The molecule has 4 rings (SSSR count). The van der Waals surface area contributed by atoms with Crippen LogP contribution in [0.1, 0.15) is 24.5 Å². The Morgan fingerprint density at radius 2 is 2.07 bits per heavy atom. The normalized spacial score (nSPS) is 16.5. The Labute approximate surface area is 179 Å². The van der Waals surface area contributed by atoms with E-state index in [1.807, 2.05) is 54.4 Å². The molecule has 1 aromatic carbocycles. The number of benzene rings is 1. The van der Waals surface area contributed by atoms with Crippen molar-refractivity contribution in [1.82, 2.24) is 35.1 Å². The van der Waals surface area contributed by atoms with Crippen molar-refractivity contribution >= 4 is 23.5 Å². The standard InChI is InChI=1S/C20H23ClN8O/c1-27(2)20-22-10-17(14-5-7-16(21)8-6-14)19(24-20)15-4-3-9-28(11-15)18(30)12-29-13-23-25-26-29/h5-8,10,13,15H,3-4,9,11-12H2,1-2H3/t15-/m0/s1. The molecule has 1 aliphatic heterocycles. The minimum absolute atomic E-state index is 0.00179. The second-order valence-electron chi connectivity index (χ2n) is 7.56. The molecule has 1 aliphatic rings. The van der Waals surface area contributed by atoms with Crippen molar-refractivity contribution in [1.29, 1.82) is 0 Å². The largest absolute Gasteiger partial charge is 0.347 e. The van der Waals surface area contributed by atoms with Gasteiger partial charge in [-0.3, -0.25) is 4.79 Å². The Kier molecular flexibility index (Phi) is 5.89. The molecule has 3 aromatic rings. The topological polar surface area (TPSA) is 92.9 Å². The molecule has 0 radical (unpaired) electrons. The van der Waals surface area contributed by atoms with Gasteiger partial charge in [-0.2, -0.15) is 0 Å². The molecule has 9 nitrogen and oxygen atoms in total. The summed E-state index contributed by atoms with van der Waals surface area (Å²) in [5.41, 5.74) is 2.94. The van der Waals surface area contributed by atoms with Crippen LogP contribution in [0.15, 0.2) is 36.8 Å². The number of hydrogen-bond acceptors (Lipinski definition) is 7. The zero-order chi connectivity index (χ0) is 21.1. The van der Waals surface area contributed by atoms with E-state index in [9.17, 15) is 4.79 Å². The number of carbonyl (C=O) groups excluding carboxylic acids is 1. The SMILES string of the molecule is CN(C)c1ncc(-c2ccc(Cl)cc2)c([C@H]2CCCN(C(=O)Cn3cnnn3)C2)n1. The van der Waals surface area contributed by atoms with E-state index in [-0.39, 0.29) is 18.4 Å². The summed E-state index contributed by atoms with van der Waals surface area (Å²) in [5.74, 6) is 0.769. The van der Waals surface area contributed by atoms with Crippen LogP contribution in [0.3, 0.4) is 0 Å². The highest BCUT2D eigenvalue weighted by molar-refractivity contribution is 6.30. The van der Waals surface area contributed by atoms with Gasteiger partial charge in [0.2, 0.25) is 11.9 Å². The Hall–Kier alpha value is -3.07. The lowest BCUT2D eigenvalue weighted by molar-refractivity contribution is -0.133. The molecule has 10 heteroatoms. The molecule has 0 unspecified atom stereocenters. The van der Waals surface area contributed by atoms with Crippen LogP contribution >= 0.6 is 11.6 Å². The Morgan fingerprint density at radius 3 is 2.77 bits per heavy atom. The fourth-order valence-corrected chi connectivity index (χ4v) is 3.81. The van der Waals surface area contributed by atoms with E-state index >= 15 is 0 Å². The van der Waals surface area contributed by atoms with Crippen molar-refractivity contribution in [2.24, 2.45) is 0 Å². The van der Waals surface area contributed by atoms with Crippen molar-refractivity contribution in [3.05, 3.63) is 47.5 Å². The number of carbonyl (C=O) groups is 1. The molecular formula is C20H23ClN8O. The number of halogens is 1. The van der Waals surface area contributed by atoms with Gasteiger partial charge in [0.15, 0.2) is 0 Å². The molecule has 0 spiro atoms. The van der Waals surface area contributed by atoms with Gasteiger partial charge in [0.05, 0.1) is 5.69 Å². The number of hydrogen-bond donors (Lipinski definition) is 0. The summed E-state index contributed by atoms with van der Waals surface area (Å²) >= 11 is 6.07. The number of nitrogens with zero attached hydrogens (tertiary/aromatic N) is 8. The predicted octanol–water partition coefficient (Wildman–Crippen LogP) is 2.26. The first-order valence-electron chi connectivity index (χ1n) is 9.80. The third-order valence-corrected chi connectivity index (χ3v) is 5.46. The summed E-state index contributed by atoms with van der Waals surface area (Å²) in [6.07, 6.45) is 5.18. The maximum absolute atomic E-state index is 12.8. The van der Waals surface area contributed by atoms with Crippen LogP contribution in [-0.4, -0.2) is 68.2 Å². The van der Waals surface area contributed by atoms with Crippen LogP contribution in [0.5, 0.6) is 0 Å². The van der Waals surface area contributed by atoms with E-state index in [1.54, 1.807) is 0 Å². The lowest BCUT2D eigenvalue weighted by atomic mass is 9.90. The average molecular weight is 427 g/mol. The molecule has 0 N–H and O–H groups in total. The van der Waals surface area contributed by atoms with E-state index in [2.05, 4.69) is 20.5 Å². The molecule has 0 aliphatic carbocycles. The van der Waals surface area contributed by atoms with Gasteiger partial charge >= 0.3 is 0 Å². The van der Waals surface area contributed by atoms with Gasteiger partial charge in [0.25, 0.3) is 0 Å². The van der Waals surface area contributed by atoms with Gasteiger partial charge in [0.1, 0.15) is 12.9 Å². The van der Waals surface area contributed by atoms with Gasteiger partial charge in [-0.1, -0.05) is 23.7 Å². The van der Waals surface area contributed by atoms with Gasteiger partial charge in [-0.25, -0.2) is 14.6 Å². The van der Waals surface area contributed by atoms with Crippen molar-refractivity contribution < 1.29 is 4.79 Å². The summed E-state index contributed by atoms with van der Waals surface area (Å²) < 4.78 is 1.44. The zero-order valence-corrected chi connectivity index (χ0v) is 17.7. The number of rotatable bonds is 5. The highest BCUT2D eigenvalue weighted by Crippen LogP contribution is 2.34. The van der Waals surface area contributed by atoms with Gasteiger partial charge < -0.3 is 9.80 Å². The van der Waals surface area contributed by atoms with Crippen molar-refractivity contribution in [3.8, 4) is 11.1 Å². The molecule has 0 saturated carbocycles. The number of amides is 1. The molecular weight excluding hydrogens is 404 g/mol. The summed E-state index contributed by atoms with van der Waals surface area (Å²) in [6, 6.07) is 7.68. The van der Waals surface area contributed by atoms with Crippen LogP contribution in [0, 0.1) is 0 Å². The molecule has 2 aromatic heterocycles. The first kappa shape index (κ1) is 20.2. The van der Waals surface area contributed by atoms with Crippen LogP contribution in [0.25, 0.3) is 11.1 Å². The molecule has 30 heavy (non-hydrogen) atoms. The quantitative estimate of drug-likeness (QED) is 0.617. The molecule has 1 fully saturated rings. The number of likely N-dealkylation sites (tertiary alicyclic amines) is 1. The molecule has 156 valence electrons. The van der Waals surface area contributed by atoms with Crippen molar-refractivity contribution in [2.75, 3.05) is 32.1 Å². The lowest BCUT2D eigenvalue weighted by Gasteiger charge is -2.33. The molecule has 0 bridgehead atoms. The van der Waals surface area contributed by atoms with Crippen molar-refractivity contribution in [3.63, 3.8) is 0 Å². The Bertz CT molecular complexity index is 1010. The van der Waals surface area contributed by atoms with E-state index in [0.29, 0.717) is 17.5 Å². The van der Waals surface area contributed by atoms with Crippen LogP contribution in [0.4, 0.5) is 5.95 Å². The highest BCUT2D eigenvalue weighted by atomic mass is 35.5. The fourth-order valence-electron chi connectivity index (χ4n) is 3.68.